The van der Waals surface area contributed by atoms with Crippen LogP contribution in [0, 0.1) is 12.8 Å². The molecule has 1 rings (SSSR count). The molecule has 1 aromatic carbocycles. The second kappa shape index (κ2) is 7.47. The molecule has 21 heavy (non-hydrogen) atoms. The lowest BCUT2D eigenvalue weighted by molar-refractivity contribution is -0.139. The molecule has 1 amide bonds. The van der Waals surface area contributed by atoms with Gasteiger partial charge in [-0.25, -0.2) is 4.79 Å². The largest absolute Gasteiger partial charge is 0.482 e. The predicted molar refractivity (Wildman–Crippen MR) is 81.5 cm³/mol. The van der Waals surface area contributed by atoms with Gasteiger partial charge in [-0.3, -0.25) is 4.79 Å². The molecule has 0 aliphatic heterocycles. The van der Waals surface area contributed by atoms with Gasteiger partial charge in [0.15, 0.2) is 6.61 Å². The van der Waals surface area contributed by atoms with Gasteiger partial charge in [0.2, 0.25) is 5.91 Å². The molecule has 5 nitrogen and oxygen atoms in total. The zero-order valence-corrected chi connectivity index (χ0v) is 12.6. The summed E-state index contributed by atoms with van der Waals surface area (Å²) in [6.45, 7) is 8.99. The minimum Gasteiger partial charge on any atom is -0.482 e. The summed E-state index contributed by atoms with van der Waals surface area (Å²) in [6.07, 6.45) is 0.644. The first-order valence-corrected chi connectivity index (χ1v) is 6.70. The summed E-state index contributed by atoms with van der Waals surface area (Å²) in [5.74, 6) is -0.785. The third kappa shape index (κ3) is 5.69. The molecule has 0 heterocycles. The van der Waals surface area contributed by atoms with Crippen LogP contribution in [-0.2, 0) is 9.59 Å². The van der Waals surface area contributed by atoms with Crippen molar-refractivity contribution in [2.75, 3.05) is 11.9 Å². The monoisotopic (exact) mass is 291 g/mol. The van der Waals surface area contributed by atoms with E-state index in [1.807, 2.05) is 20.8 Å². The smallest absolute Gasteiger partial charge is 0.341 e. The number of carbonyl (C=O) groups excluding carboxylic acids is 1. The van der Waals surface area contributed by atoms with Crippen molar-refractivity contribution in [3.63, 3.8) is 0 Å². The first-order chi connectivity index (χ1) is 9.79. The Morgan fingerprint density at radius 1 is 1.43 bits per heavy atom. The van der Waals surface area contributed by atoms with Crippen LogP contribution in [-0.4, -0.2) is 23.6 Å². The topological polar surface area (TPSA) is 75.6 Å². The number of ether oxygens (including phenoxy) is 1. The van der Waals surface area contributed by atoms with E-state index >= 15 is 0 Å². The van der Waals surface area contributed by atoms with E-state index in [1.54, 1.807) is 18.2 Å². The van der Waals surface area contributed by atoms with Crippen LogP contribution >= 0.6 is 0 Å². The number of carboxylic acid groups (broad SMARTS) is 1. The van der Waals surface area contributed by atoms with E-state index in [0.29, 0.717) is 17.9 Å². The number of aryl methyl sites for hydroxylation is 1. The van der Waals surface area contributed by atoms with Crippen molar-refractivity contribution in [1.82, 2.24) is 0 Å². The lowest BCUT2D eigenvalue weighted by Crippen LogP contribution is -2.21. The fraction of sp³-hybridized carbons (Fsp3) is 0.375. The average molecular weight is 291 g/mol. The molecule has 0 aromatic heterocycles. The van der Waals surface area contributed by atoms with Crippen LogP contribution in [0.5, 0.6) is 5.75 Å². The molecule has 0 aliphatic carbocycles. The summed E-state index contributed by atoms with van der Waals surface area (Å²) < 4.78 is 5.08. The molecule has 0 fully saturated rings. The summed E-state index contributed by atoms with van der Waals surface area (Å²) >= 11 is 0. The van der Waals surface area contributed by atoms with Crippen molar-refractivity contribution >= 4 is 17.6 Å². The van der Waals surface area contributed by atoms with E-state index in [2.05, 4.69) is 11.9 Å². The summed E-state index contributed by atoms with van der Waals surface area (Å²) in [5, 5.41) is 11.4. The Bertz CT molecular complexity index is 551. The number of benzene rings is 1. The van der Waals surface area contributed by atoms with Crippen molar-refractivity contribution in [2.24, 2.45) is 5.92 Å². The zero-order valence-electron chi connectivity index (χ0n) is 12.6. The summed E-state index contributed by atoms with van der Waals surface area (Å²) in [7, 11) is 0. The van der Waals surface area contributed by atoms with E-state index in [0.717, 1.165) is 11.1 Å². The van der Waals surface area contributed by atoms with E-state index in [9.17, 15) is 9.59 Å². The van der Waals surface area contributed by atoms with Crippen LogP contribution in [0.25, 0.3) is 0 Å². The number of hydrogen-bond donors (Lipinski definition) is 2. The molecule has 0 spiro atoms. The maximum atomic E-state index is 12.0. The van der Waals surface area contributed by atoms with Crippen molar-refractivity contribution in [2.45, 2.75) is 27.2 Å². The number of nitrogens with one attached hydrogen (secondary N) is 1. The maximum absolute atomic E-state index is 12.0. The quantitative estimate of drug-likeness (QED) is 0.757. The molecule has 5 heteroatoms. The highest BCUT2D eigenvalue weighted by Crippen LogP contribution is 2.22. The second-order valence-electron chi connectivity index (χ2n) is 5.21. The third-order valence-electron chi connectivity index (χ3n) is 2.92. The van der Waals surface area contributed by atoms with Crippen molar-refractivity contribution in [1.29, 1.82) is 0 Å². The minimum absolute atomic E-state index is 0.0692. The summed E-state index contributed by atoms with van der Waals surface area (Å²) in [4.78, 5) is 22.5. The van der Waals surface area contributed by atoms with Crippen LogP contribution in [0.15, 0.2) is 30.4 Å². The standard InChI is InChI=1S/C16H21NO4/c1-10(2)7-12(4)16(20)17-14-6-5-13(8-11(14)3)21-9-15(18)19/h5-6,8,12H,1,7,9H2,2-4H3,(H,17,20)(H,18,19). The van der Waals surface area contributed by atoms with Gasteiger partial charge in [0, 0.05) is 11.6 Å². The Morgan fingerprint density at radius 3 is 2.62 bits per heavy atom. The first-order valence-electron chi connectivity index (χ1n) is 6.70. The molecule has 0 aliphatic rings. The number of aliphatic carboxylic acids is 1. The molecule has 114 valence electrons. The molecule has 2 N–H and O–H groups in total. The number of carbonyl (C=O) groups is 2. The SMILES string of the molecule is C=C(C)CC(C)C(=O)Nc1ccc(OCC(=O)O)cc1C. The zero-order chi connectivity index (χ0) is 16.0. The van der Waals surface area contributed by atoms with Gasteiger partial charge in [-0.2, -0.15) is 0 Å². The van der Waals surface area contributed by atoms with Gasteiger partial charge in [-0.1, -0.05) is 12.5 Å². The number of carboxylic acids is 1. The number of hydrogen-bond acceptors (Lipinski definition) is 3. The lowest BCUT2D eigenvalue weighted by Gasteiger charge is -2.14. The van der Waals surface area contributed by atoms with Crippen molar-refractivity contribution in [3.8, 4) is 5.75 Å². The fourth-order valence-electron chi connectivity index (χ4n) is 1.88. The summed E-state index contributed by atoms with van der Waals surface area (Å²) in [5.41, 5.74) is 2.47. The number of allylic oxidation sites excluding steroid dienone is 1. The Labute approximate surface area is 124 Å². The van der Waals surface area contributed by atoms with Crippen LogP contribution in [0.1, 0.15) is 25.8 Å². The Balaban J connectivity index is 2.70. The minimum atomic E-state index is -1.03. The molecule has 1 unspecified atom stereocenters. The van der Waals surface area contributed by atoms with Gasteiger partial charge in [0.25, 0.3) is 0 Å². The van der Waals surface area contributed by atoms with E-state index < -0.39 is 5.97 Å². The molecule has 0 bridgehead atoms. The van der Waals surface area contributed by atoms with E-state index in [4.69, 9.17) is 9.84 Å². The lowest BCUT2D eigenvalue weighted by atomic mass is 10.0. The molecule has 1 aromatic rings. The molecule has 1 atom stereocenters. The first kappa shape index (κ1) is 16.8. The van der Waals surface area contributed by atoms with Crippen LogP contribution < -0.4 is 10.1 Å². The molecular weight excluding hydrogens is 270 g/mol. The average Bonchev–Trinajstić information content (AvgIpc) is 2.38. The summed E-state index contributed by atoms with van der Waals surface area (Å²) in [6, 6.07) is 5.04. The highest BCUT2D eigenvalue weighted by molar-refractivity contribution is 5.93. The Morgan fingerprint density at radius 2 is 2.10 bits per heavy atom. The Hall–Kier alpha value is -2.30. The highest BCUT2D eigenvalue weighted by atomic mass is 16.5. The molecule has 0 saturated carbocycles. The van der Waals surface area contributed by atoms with Gasteiger partial charge in [-0.15, -0.1) is 6.58 Å². The molecule has 0 radical (unpaired) electrons. The van der Waals surface area contributed by atoms with Crippen LogP contribution in [0.4, 0.5) is 5.69 Å². The maximum Gasteiger partial charge on any atom is 0.341 e. The third-order valence-corrected chi connectivity index (χ3v) is 2.92. The number of rotatable bonds is 7. The molecule has 0 saturated heterocycles. The van der Waals surface area contributed by atoms with E-state index in [-0.39, 0.29) is 18.4 Å². The predicted octanol–water partition coefficient (Wildman–Crippen LogP) is 3.00. The fourth-order valence-corrected chi connectivity index (χ4v) is 1.88. The van der Waals surface area contributed by atoms with Gasteiger partial charge in [-0.05, 0) is 44.0 Å². The van der Waals surface area contributed by atoms with Crippen LogP contribution in [0.2, 0.25) is 0 Å². The van der Waals surface area contributed by atoms with Crippen molar-refractivity contribution < 1.29 is 19.4 Å². The molecular formula is C16H21NO4. The second-order valence-corrected chi connectivity index (χ2v) is 5.21. The highest BCUT2D eigenvalue weighted by Gasteiger charge is 2.14. The van der Waals surface area contributed by atoms with Gasteiger partial charge in [0.1, 0.15) is 5.75 Å². The normalized spacial score (nSPS) is 11.6. The van der Waals surface area contributed by atoms with E-state index in [1.165, 1.54) is 0 Å². The van der Waals surface area contributed by atoms with Gasteiger partial charge in [0.05, 0.1) is 0 Å². The van der Waals surface area contributed by atoms with Crippen molar-refractivity contribution in [3.05, 3.63) is 35.9 Å². The van der Waals surface area contributed by atoms with Gasteiger partial charge >= 0.3 is 5.97 Å². The van der Waals surface area contributed by atoms with Gasteiger partial charge < -0.3 is 15.2 Å². The Kier molecular flexibility index (Phi) is 5.96. The number of anilines is 1. The number of amides is 1. The van der Waals surface area contributed by atoms with Crippen LogP contribution in [0.3, 0.4) is 0 Å².